The highest BCUT2D eigenvalue weighted by Gasteiger charge is 2.30. The molecule has 2 fully saturated rings. The third-order valence-corrected chi connectivity index (χ3v) is 11.6. The molecule has 2 aliphatic rings. The molecule has 0 aliphatic carbocycles. The van der Waals surface area contributed by atoms with Crippen molar-refractivity contribution < 1.29 is 29.0 Å². The highest BCUT2D eigenvalue weighted by atomic mass is 35.5. The SMILES string of the molecule is CC(=O)N1CCN(C(=O)/C=C/c2ccc(Sc3ccc(/C=C/C(=O)N4CCN(C(C)=O)CC4)c(-c4cccc(Cl)c4)c3[N+](=O)[O-])c([N+](=O)[O-])c2-c2cccc(Cl)c2)CC1. The van der Waals surface area contributed by atoms with Gasteiger partial charge in [0.05, 0.1) is 30.8 Å². The van der Waals surface area contributed by atoms with Gasteiger partial charge in [0.25, 0.3) is 11.4 Å². The molecule has 14 nitrogen and oxygen atoms in total. The van der Waals surface area contributed by atoms with E-state index < -0.39 is 9.85 Å². The maximum absolute atomic E-state index is 13.2. The van der Waals surface area contributed by atoms with Crippen LogP contribution in [0.3, 0.4) is 0 Å². The lowest BCUT2D eigenvalue weighted by Crippen LogP contribution is -2.49. The molecule has 4 aromatic carbocycles. The molecule has 304 valence electrons. The Bertz CT molecular complexity index is 2240. The molecule has 17 heteroatoms. The summed E-state index contributed by atoms with van der Waals surface area (Å²) in [6, 6.07) is 19.1. The van der Waals surface area contributed by atoms with Crippen LogP contribution < -0.4 is 0 Å². The lowest BCUT2D eigenvalue weighted by atomic mass is 9.97. The van der Waals surface area contributed by atoms with Crippen molar-refractivity contribution in [1.82, 2.24) is 19.6 Å². The van der Waals surface area contributed by atoms with Gasteiger partial charge >= 0.3 is 0 Å². The molecule has 0 unspecified atom stereocenters. The quantitative estimate of drug-likeness (QED) is 0.0882. The predicted octanol–water partition coefficient (Wildman–Crippen LogP) is 7.70. The van der Waals surface area contributed by atoms with Gasteiger partial charge in [-0.15, -0.1) is 0 Å². The molecule has 2 aliphatic heterocycles. The fraction of sp³-hybridized carbons (Fsp3) is 0.238. The lowest BCUT2D eigenvalue weighted by Gasteiger charge is -2.33. The monoisotopic (exact) mass is 856 g/mol. The Morgan fingerprint density at radius 3 is 1.25 bits per heavy atom. The number of carbonyl (C=O) groups is 4. The van der Waals surface area contributed by atoms with Gasteiger partial charge in [0.15, 0.2) is 0 Å². The Morgan fingerprint density at radius 1 is 0.576 bits per heavy atom. The van der Waals surface area contributed by atoms with E-state index in [1.807, 2.05) is 0 Å². The van der Waals surface area contributed by atoms with Crippen LogP contribution in [0.15, 0.2) is 94.7 Å². The zero-order chi connectivity index (χ0) is 42.4. The minimum absolute atomic E-state index is 0.0763. The molecule has 0 aromatic heterocycles. The first-order valence-corrected chi connectivity index (χ1v) is 20.1. The van der Waals surface area contributed by atoms with E-state index >= 15 is 0 Å². The van der Waals surface area contributed by atoms with Gasteiger partial charge in [-0.2, -0.15) is 0 Å². The zero-order valence-corrected chi connectivity index (χ0v) is 34.3. The fourth-order valence-electron chi connectivity index (χ4n) is 7.01. The zero-order valence-electron chi connectivity index (χ0n) is 32.0. The van der Waals surface area contributed by atoms with E-state index in [1.54, 1.807) is 80.3 Å². The largest absolute Gasteiger partial charge is 0.339 e. The summed E-state index contributed by atoms with van der Waals surface area (Å²) in [7, 11) is 0. The summed E-state index contributed by atoms with van der Waals surface area (Å²) in [5.41, 5.74) is 1.01. The second kappa shape index (κ2) is 18.7. The van der Waals surface area contributed by atoms with E-state index in [4.69, 9.17) is 23.2 Å². The molecular weight excluding hydrogens is 819 g/mol. The van der Waals surface area contributed by atoms with Crippen LogP contribution >= 0.6 is 35.0 Å². The molecule has 6 rings (SSSR count). The van der Waals surface area contributed by atoms with Crippen LogP contribution in [-0.2, 0) is 19.2 Å². The number of piperazine rings is 2. The van der Waals surface area contributed by atoms with Crippen LogP contribution in [0.2, 0.25) is 10.0 Å². The number of halogens is 2. The summed E-state index contributed by atoms with van der Waals surface area (Å²) in [6.45, 7) is 5.84. The van der Waals surface area contributed by atoms with Crippen molar-refractivity contribution >= 4 is 82.1 Å². The molecule has 0 spiro atoms. The van der Waals surface area contributed by atoms with Gasteiger partial charge in [-0.05, 0) is 70.8 Å². The highest BCUT2D eigenvalue weighted by molar-refractivity contribution is 7.99. The van der Waals surface area contributed by atoms with E-state index in [9.17, 15) is 39.4 Å². The Morgan fingerprint density at radius 2 is 0.932 bits per heavy atom. The summed E-state index contributed by atoms with van der Waals surface area (Å²) < 4.78 is 0. The van der Waals surface area contributed by atoms with Crippen molar-refractivity contribution in [3.8, 4) is 22.3 Å². The topological polar surface area (TPSA) is 168 Å². The summed E-state index contributed by atoms with van der Waals surface area (Å²) in [6.07, 6.45) is 5.63. The third kappa shape index (κ3) is 9.99. The second-order valence-corrected chi connectivity index (χ2v) is 15.7. The van der Waals surface area contributed by atoms with Crippen molar-refractivity contribution in [2.24, 2.45) is 0 Å². The van der Waals surface area contributed by atoms with Crippen molar-refractivity contribution in [3.05, 3.63) is 126 Å². The van der Waals surface area contributed by atoms with Crippen LogP contribution in [0.1, 0.15) is 25.0 Å². The lowest BCUT2D eigenvalue weighted by molar-refractivity contribution is -0.387. The summed E-state index contributed by atoms with van der Waals surface area (Å²) >= 11 is 13.6. The molecule has 2 heterocycles. The van der Waals surface area contributed by atoms with Gasteiger partial charge in [0.2, 0.25) is 23.6 Å². The molecule has 0 atom stereocenters. The van der Waals surface area contributed by atoms with Gasteiger partial charge < -0.3 is 19.6 Å². The smallest absolute Gasteiger partial charge is 0.291 e. The van der Waals surface area contributed by atoms with Gasteiger partial charge in [0, 0.05) is 88.4 Å². The number of rotatable bonds is 10. The Balaban J connectivity index is 1.41. The Hall–Kier alpha value is -6.03. The maximum Gasteiger partial charge on any atom is 0.291 e. The van der Waals surface area contributed by atoms with E-state index in [0.29, 0.717) is 84.7 Å². The average molecular weight is 858 g/mol. The van der Waals surface area contributed by atoms with Gasteiger partial charge in [-0.3, -0.25) is 39.4 Å². The fourth-order valence-corrected chi connectivity index (χ4v) is 8.45. The van der Waals surface area contributed by atoms with E-state index in [-0.39, 0.29) is 55.9 Å². The number of nitro benzene ring substituents is 2. The van der Waals surface area contributed by atoms with Crippen molar-refractivity contribution in [1.29, 1.82) is 0 Å². The number of hydrogen-bond donors (Lipinski definition) is 0. The number of hydrogen-bond acceptors (Lipinski definition) is 9. The summed E-state index contributed by atoms with van der Waals surface area (Å²) in [5.74, 6) is -0.816. The average Bonchev–Trinajstić information content (AvgIpc) is 3.21. The van der Waals surface area contributed by atoms with Crippen LogP contribution in [-0.4, -0.2) is 105 Å². The Kier molecular flexibility index (Phi) is 13.5. The van der Waals surface area contributed by atoms with Gasteiger partial charge in [-0.1, -0.05) is 71.4 Å². The first-order chi connectivity index (χ1) is 28.2. The standard InChI is InChI=1S/C42H38Cl2N6O8S/c1-27(51)45-17-21-47(22-18-45)37(53)15-11-29-9-13-35(41(49(55)56)39(29)31-5-3-7-33(43)25-31)59-36-14-10-30(12-16-38(54)48-23-19-46(20-24-48)28(2)52)40(42(36)50(57)58)32-6-4-8-34(44)26-32/h3-16,25-26H,17-24H2,1-2H3/b15-11+,16-12+. The molecule has 0 N–H and O–H groups in total. The van der Waals surface area contributed by atoms with Crippen molar-refractivity contribution in [2.75, 3.05) is 52.4 Å². The molecule has 0 radical (unpaired) electrons. The van der Waals surface area contributed by atoms with Gasteiger partial charge in [-0.25, -0.2) is 0 Å². The molecule has 4 aromatic rings. The van der Waals surface area contributed by atoms with E-state index in [2.05, 4.69) is 0 Å². The minimum atomic E-state index is -0.568. The number of amides is 4. The maximum atomic E-state index is 13.2. The summed E-state index contributed by atoms with van der Waals surface area (Å²) in [4.78, 5) is 81.7. The second-order valence-electron chi connectivity index (χ2n) is 13.7. The molecule has 4 amide bonds. The molecule has 2 saturated heterocycles. The highest BCUT2D eigenvalue weighted by Crippen LogP contribution is 2.49. The van der Waals surface area contributed by atoms with Crippen LogP contribution in [0.5, 0.6) is 0 Å². The molecule has 59 heavy (non-hydrogen) atoms. The number of nitro groups is 2. The van der Waals surface area contributed by atoms with E-state index in [0.717, 1.165) is 11.8 Å². The van der Waals surface area contributed by atoms with Crippen LogP contribution in [0.4, 0.5) is 11.4 Å². The number of carbonyl (C=O) groups excluding carboxylic acids is 4. The normalized spacial score (nSPS) is 14.6. The number of benzene rings is 4. The Labute approximate surface area is 354 Å². The molecule has 0 bridgehead atoms. The first-order valence-electron chi connectivity index (χ1n) is 18.5. The van der Waals surface area contributed by atoms with Gasteiger partial charge in [0.1, 0.15) is 0 Å². The van der Waals surface area contributed by atoms with Crippen molar-refractivity contribution in [3.63, 3.8) is 0 Å². The van der Waals surface area contributed by atoms with Crippen LogP contribution in [0, 0.1) is 20.2 Å². The molecular formula is C42H38Cl2N6O8S. The van der Waals surface area contributed by atoms with E-state index in [1.165, 1.54) is 50.3 Å². The third-order valence-electron chi connectivity index (χ3n) is 10.0. The first kappa shape index (κ1) is 42.6. The van der Waals surface area contributed by atoms with Crippen molar-refractivity contribution in [2.45, 2.75) is 23.6 Å². The minimum Gasteiger partial charge on any atom is -0.339 e. The van der Waals surface area contributed by atoms with Crippen LogP contribution in [0.25, 0.3) is 34.4 Å². The number of nitrogens with zero attached hydrogens (tertiary/aromatic N) is 6. The summed E-state index contributed by atoms with van der Waals surface area (Å²) in [5, 5.41) is 26.7. The predicted molar refractivity (Wildman–Crippen MR) is 227 cm³/mol. The molecule has 0 saturated carbocycles.